The number of aromatic nitrogens is 4. The maximum absolute atomic E-state index is 5.69. The Morgan fingerprint density at radius 1 is 1.30 bits per heavy atom. The molecule has 0 saturated carbocycles. The molecular formula is C17H19N5O. The number of nitrogens with zero attached hydrogens (tertiary/aromatic N) is 4. The third kappa shape index (κ3) is 2.77. The minimum atomic E-state index is 0.246. The molecule has 3 aromatic rings. The van der Waals surface area contributed by atoms with E-state index in [-0.39, 0.29) is 6.04 Å². The molecule has 4 rings (SSSR count). The van der Waals surface area contributed by atoms with E-state index in [0.717, 1.165) is 35.6 Å². The van der Waals surface area contributed by atoms with Gasteiger partial charge in [-0.05, 0) is 18.9 Å². The lowest BCUT2D eigenvalue weighted by Gasteiger charge is -2.35. The molecule has 1 saturated heterocycles. The summed E-state index contributed by atoms with van der Waals surface area (Å²) >= 11 is 0. The van der Waals surface area contributed by atoms with Gasteiger partial charge >= 0.3 is 0 Å². The van der Waals surface area contributed by atoms with E-state index in [0.29, 0.717) is 13.2 Å². The summed E-state index contributed by atoms with van der Waals surface area (Å²) in [5, 5.41) is 7.16. The van der Waals surface area contributed by atoms with Crippen LogP contribution < -0.4 is 4.90 Å². The van der Waals surface area contributed by atoms with Gasteiger partial charge in [-0.15, -0.1) is 0 Å². The van der Waals surface area contributed by atoms with Crippen LogP contribution in [-0.4, -0.2) is 46.0 Å². The van der Waals surface area contributed by atoms with Crippen molar-refractivity contribution in [3.8, 4) is 0 Å². The first-order chi connectivity index (χ1) is 11.3. The highest BCUT2D eigenvalue weighted by Crippen LogP contribution is 2.21. The maximum atomic E-state index is 5.69. The van der Waals surface area contributed by atoms with E-state index in [1.54, 1.807) is 6.20 Å². The third-order valence-corrected chi connectivity index (χ3v) is 4.25. The summed E-state index contributed by atoms with van der Waals surface area (Å²) in [7, 11) is 0. The lowest BCUT2D eigenvalue weighted by molar-refractivity contribution is 0.0932. The average molecular weight is 309 g/mol. The Labute approximate surface area is 134 Å². The van der Waals surface area contributed by atoms with Gasteiger partial charge in [-0.25, -0.2) is 9.97 Å². The molecule has 1 aliphatic heterocycles. The van der Waals surface area contributed by atoms with Gasteiger partial charge in [-0.2, -0.15) is 5.10 Å². The van der Waals surface area contributed by atoms with Gasteiger partial charge in [0.2, 0.25) is 5.95 Å². The Balaban J connectivity index is 1.64. The van der Waals surface area contributed by atoms with Crippen molar-refractivity contribution in [3.63, 3.8) is 0 Å². The molecule has 23 heavy (non-hydrogen) atoms. The number of fused-ring (bicyclic) bond motifs is 1. The molecule has 6 heteroatoms. The molecule has 2 aromatic heterocycles. The number of ether oxygens (including phenoxy) is 1. The van der Waals surface area contributed by atoms with Gasteiger partial charge in [-0.1, -0.05) is 30.3 Å². The number of rotatable bonds is 3. The van der Waals surface area contributed by atoms with Crippen molar-refractivity contribution in [2.24, 2.45) is 0 Å². The molecule has 0 bridgehead atoms. The van der Waals surface area contributed by atoms with Gasteiger partial charge in [0.1, 0.15) is 11.0 Å². The van der Waals surface area contributed by atoms with Crippen LogP contribution in [0.25, 0.3) is 11.0 Å². The average Bonchev–Trinajstić information content (AvgIpc) is 2.97. The first-order valence-corrected chi connectivity index (χ1v) is 7.87. The second-order valence-corrected chi connectivity index (χ2v) is 5.86. The van der Waals surface area contributed by atoms with Crippen molar-refractivity contribution in [2.75, 3.05) is 24.7 Å². The Bertz CT molecular complexity index is 801. The summed E-state index contributed by atoms with van der Waals surface area (Å²) in [6, 6.07) is 10.7. The number of morpholine rings is 1. The van der Waals surface area contributed by atoms with Crippen LogP contribution in [0.2, 0.25) is 0 Å². The van der Waals surface area contributed by atoms with E-state index in [1.807, 2.05) is 13.0 Å². The molecule has 1 atom stereocenters. The first-order valence-electron chi connectivity index (χ1n) is 7.87. The van der Waals surface area contributed by atoms with Crippen LogP contribution in [0.3, 0.4) is 0 Å². The van der Waals surface area contributed by atoms with Gasteiger partial charge in [0.05, 0.1) is 31.1 Å². The molecule has 0 amide bonds. The van der Waals surface area contributed by atoms with E-state index in [1.165, 1.54) is 5.56 Å². The van der Waals surface area contributed by atoms with Crippen LogP contribution in [0.15, 0.2) is 36.5 Å². The minimum Gasteiger partial charge on any atom is -0.377 e. The smallest absolute Gasteiger partial charge is 0.226 e. The maximum Gasteiger partial charge on any atom is 0.226 e. The second kappa shape index (κ2) is 5.96. The predicted octanol–water partition coefficient (Wildman–Crippen LogP) is 2.11. The molecular weight excluding hydrogens is 290 g/mol. The van der Waals surface area contributed by atoms with E-state index in [4.69, 9.17) is 9.72 Å². The predicted molar refractivity (Wildman–Crippen MR) is 88.5 cm³/mol. The van der Waals surface area contributed by atoms with E-state index < -0.39 is 0 Å². The summed E-state index contributed by atoms with van der Waals surface area (Å²) in [6.45, 7) is 4.19. The molecule has 0 radical (unpaired) electrons. The summed E-state index contributed by atoms with van der Waals surface area (Å²) in [4.78, 5) is 11.5. The first kappa shape index (κ1) is 14.1. The zero-order valence-electron chi connectivity index (χ0n) is 13.1. The molecule has 1 N–H and O–H groups in total. The van der Waals surface area contributed by atoms with Gasteiger partial charge in [0, 0.05) is 6.54 Å². The highest BCUT2D eigenvalue weighted by atomic mass is 16.5. The van der Waals surface area contributed by atoms with E-state index >= 15 is 0 Å². The number of hydrogen-bond acceptors (Lipinski definition) is 5. The Hall–Kier alpha value is -2.47. The molecule has 3 heterocycles. The lowest BCUT2D eigenvalue weighted by atomic mass is 10.0. The standard InChI is InChI=1S/C17H19N5O/c1-12-16-15(21-20-12)10-18-17(19-16)22-7-8-23-11-14(22)9-13-5-3-2-4-6-13/h2-6,10,14H,7-9,11H2,1H3,(H,20,21)/t14-/m1/s1. The van der Waals surface area contributed by atoms with Crippen molar-refractivity contribution in [3.05, 3.63) is 47.8 Å². The van der Waals surface area contributed by atoms with Gasteiger partial charge < -0.3 is 9.64 Å². The van der Waals surface area contributed by atoms with Crippen LogP contribution in [0.1, 0.15) is 11.3 Å². The van der Waals surface area contributed by atoms with Gasteiger partial charge in [0.25, 0.3) is 0 Å². The SMILES string of the molecule is Cc1[nH]nc2cnc(N3CCOC[C@H]3Cc3ccccc3)nc12. The minimum absolute atomic E-state index is 0.246. The van der Waals surface area contributed by atoms with Crippen molar-refractivity contribution in [1.29, 1.82) is 0 Å². The molecule has 1 aliphatic rings. The molecule has 6 nitrogen and oxygen atoms in total. The van der Waals surface area contributed by atoms with Crippen molar-refractivity contribution in [1.82, 2.24) is 20.2 Å². The normalized spacial score (nSPS) is 18.5. The summed E-state index contributed by atoms with van der Waals surface area (Å²) in [5.74, 6) is 0.756. The topological polar surface area (TPSA) is 66.9 Å². The number of nitrogens with one attached hydrogen (secondary N) is 1. The number of hydrogen-bond donors (Lipinski definition) is 1. The van der Waals surface area contributed by atoms with Gasteiger partial charge in [-0.3, -0.25) is 5.10 Å². The zero-order chi connectivity index (χ0) is 15.6. The third-order valence-electron chi connectivity index (χ3n) is 4.25. The largest absolute Gasteiger partial charge is 0.377 e. The highest BCUT2D eigenvalue weighted by Gasteiger charge is 2.26. The quantitative estimate of drug-likeness (QED) is 0.802. The number of aryl methyl sites for hydroxylation is 1. The van der Waals surface area contributed by atoms with Crippen LogP contribution in [-0.2, 0) is 11.2 Å². The van der Waals surface area contributed by atoms with Crippen LogP contribution >= 0.6 is 0 Å². The van der Waals surface area contributed by atoms with Gasteiger partial charge in [0.15, 0.2) is 0 Å². The Morgan fingerprint density at radius 2 is 2.17 bits per heavy atom. The molecule has 1 fully saturated rings. The fourth-order valence-electron chi connectivity index (χ4n) is 3.03. The lowest BCUT2D eigenvalue weighted by Crippen LogP contribution is -2.47. The molecule has 0 aliphatic carbocycles. The molecule has 0 spiro atoms. The summed E-state index contributed by atoms with van der Waals surface area (Å²) in [5.41, 5.74) is 3.96. The monoisotopic (exact) mass is 309 g/mol. The number of anilines is 1. The molecule has 1 aromatic carbocycles. The zero-order valence-corrected chi connectivity index (χ0v) is 13.1. The Kier molecular flexibility index (Phi) is 3.67. The van der Waals surface area contributed by atoms with Crippen molar-refractivity contribution in [2.45, 2.75) is 19.4 Å². The number of benzene rings is 1. The van der Waals surface area contributed by atoms with Crippen LogP contribution in [0.4, 0.5) is 5.95 Å². The number of H-pyrrole nitrogens is 1. The number of aromatic amines is 1. The van der Waals surface area contributed by atoms with E-state index in [9.17, 15) is 0 Å². The van der Waals surface area contributed by atoms with Crippen molar-refractivity contribution < 1.29 is 4.74 Å². The van der Waals surface area contributed by atoms with E-state index in [2.05, 4.69) is 44.3 Å². The summed E-state index contributed by atoms with van der Waals surface area (Å²) < 4.78 is 5.69. The highest BCUT2D eigenvalue weighted by molar-refractivity contribution is 5.76. The summed E-state index contributed by atoms with van der Waals surface area (Å²) in [6.07, 6.45) is 2.71. The molecule has 0 unspecified atom stereocenters. The molecule has 118 valence electrons. The Morgan fingerprint density at radius 3 is 3.04 bits per heavy atom. The van der Waals surface area contributed by atoms with Crippen molar-refractivity contribution >= 4 is 17.0 Å². The fraction of sp³-hybridized carbons (Fsp3) is 0.353. The second-order valence-electron chi connectivity index (χ2n) is 5.86. The fourth-order valence-corrected chi connectivity index (χ4v) is 3.03. The van der Waals surface area contributed by atoms with Crippen LogP contribution in [0, 0.1) is 6.92 Å². The van der Waals surface area contributed by atoms with Crippen LogP contribution in [0.5, 0.6) is 0 Å².